The Labute approximate surface area is 71.5 Å². The number of rotatable bonds is 2. The Morgan fingerprint density at radius 1 is 1.25 bits per heavy atom. The van der Waals surface area contributed by atoms with Gasteiger partial charge in [0.2, 0.25) is 5.82 Å². The van der Waals surface area contributed by atoms with Crippen LogP contribution in [0.15, 0.2) is 12.1 Å². The van der Waals surface area contributed by atoms with Crippen molar-refractivity contribution in [3.8, 4) is 5.75 Å². The summed E-state index contributed by atoms with van der Waals surface area (Å²) < 4.78 is 30.6. The first kappa shape index (κ1) is 9.40. The Morgan fingerprint density at radius 2 is 1.92 bits per heavy atom. The molecular formula is C8H9F2OP. The Balaban J connectivity index is 3.20. The molecule has 4 heteroatoms. The maximum atomic E-state index is 13.0. The second-order valence-electron chi connectivity index (χ2n) is 2.19. The first-order valence-corrected chi connectivity index (χ1v) is 4.90. The van der Waals surface area contributed by atoms with E-state index in [0.29, 0.717) is 5.30 Å². The largest absolute Gasteiger partial charge is 0.494 e. The number of hydrogen-bond acceptors (Lipinski definition) is 1. The summed E-state index contributed by atoms with van der Waals surface area (Å²) >= 11 is 0. The highest BCUT2D eigenvalue weighted by molar-refractivity contribution is 7.46. The van der Waals surface area contributed by atoms with Crippen LogP contribution in [0.2, 0.25) is 0 Å². The summed E-state index contributed by atoms with van der Waals surface area (Å²) in [5.41, 5.74) is 0. The fourth-order valence-electron chi connectivity index (χ4n) is 0.882. The predicted octanol–water partition coefficient (Wildman–Crippen LogP) is 1.91. The van der Waals surface area contributed by atoms with E-state index in [1.54, 1.807) is 6.66 Å². The average molecular weight is 190 g/mol. The molecule has 0 radical (unpaired) electrons. The number of methoxy groups -OCH3 is 1. The highest BCUT2D eigenvalue weighted by Crippen LogP contribution is 2.20. The summed E-state index contributed by atoms with van der Waals surface area (Å²) in [4.78, 5) is 0. The number of ether oxygens (including phenoxy) is 1. The molecule has 1 nitrogen and oxygen atoms in total. The van der Waals surface area contributed by atoms with Crippen LogP contribution in [0.25, 0.3) is 0 Å². The second kappa shape index (κ2) is 3.81. The second-order valence-corrected chi connectivity index (χ2v) is 3.23. The van der Waals surface area contributed by atoms with Crippen LogP contribution in [0.5, 0.6) is 5.75 Å². The van der Waals surface area contributed by atoms with Crippen molar-refractivity contribution >= 4 is 13.9 Å². The van der Waals surface area contributed by atoms with Crippen molar-refractivity contribution in [3.05, 3.63) is 23.8 Å². The van der Waals surface area contributed by atoms with Gasteiger partial charge in [0.25, 0.3) is 0 Å². The zero-order valence-electron chi connectivity index (χ0n) is 6.82. The summed E-state index contributed by atoms with van der Waals surface area (Å²) in [5.74, 6) is -1.74. The number of halogens is 2. The molecule has 0 aliphatic rings. The van der Waals surface area contributed by atoms with Gasteiger partial charge in [0, 0.05) is 5.30 Å². The van der Waals surface area contributed by atoms with Gasteiger partial charge in [-0.15, -0.1) is 0 Å². The van der Waals surface area contributed by atoms with Gasteiger partial charge in [-0.1, -0.05) is 8.58 Å². The standard InChI is InChI=1S/C8H9F2OP/c1-11-5-3-4-6(12-2)8(10)7(5)9/h3-4,12H,1-2H3. The van der Waals surface area contributed by atoms with E-state index in [4.69, 9.17) is 0 Å². The maximum Gasteiger partial charge on any atom is 0.201 e. The molecule has 66 valence electrons. The lowest BCUT2D eigenvalue weighted by atomic mass is 10.3. The summed E-state index contributed by atoms with van der Waals surface area (Å²) in [6.07, 6.45) is 0. The lowest BCUT2D eigenvalue weighted by Gasteiger charge is -2.04. The molecule has 0 saturated carbocycles. The van der Waals surface area contributed by atoms with Crippen LogP contribution >= 0.6 is 8.58 Å². The molecule has 0 aliphatic heterocycles. The monoisotopic (exact) mass is 190 g/mol. The topological polar surface area (TPSA) is 9.23 Å². The molecule has 0 saturated heterocycles. The fourth-order valence-corrected chi connectivity index (χ4v) is 1.46. The molecule has 0 aromatic heterocycles. The first-order chi connectivity index (χ1) is 5.70. The number of hydrogen-bond donors (Lipinski definition) is 0. The van der Waals surface area contributed by atoms with Crippen molar-refractivity contribution in [2.45, 2.75) is 0 Å². The van der Waals surface area contributed by atoms with Crippen LogP contribution in [-0.4, -0.2) is 13.8 Å². The van der Waals surface area contributed by atoms with Crippen LogP contribution in [-0.2, 0) is 0 Å². The van der Waals surface area contributed by atoms with E-state index in [0.717, 1.165) is 0 Å². The molecule has 0 heterocycles. The maximum absolute atomic E-state index is 13.0. The SMILES string of the molecule is COc1ccc(PC)c(F)c1F. The minimum absolute atomic E-state index is 0.0468. The van der Waals surface area contributed by atoms with Crippen molar-refractivity contribution in [2.75, 3.05) is 13.8 Å². The molecule has 0 spiro atoms. The van der Waals surface area contributed by atoms with Gasteiger partial charge in [-0.25, -0.2) is 4.39 Å². The minimum Gasteiger partial charge on any atom is -0.494 e. The van der Waals surface area contributed by atoms with Gasteiger partial charge in [0.1, 0.15) is 0 Å². The van der Waals surface area contributed by atoms with Crippen molar-refractivity contribution in [2.24, 2.45) is 0 Å². The highest BCUT2D eigenvalue weighted by atomic mass is 31.1. The van der Waals surface area contributed by atoms with E-state index in [2.05, 4.69) is 4.74 Å². The van der Waals surface area contributed by atoms with Gasteiger partial charge in [-0.2, -0.15) is 4.39 Å². The lowest BCUT2D eigenvalue weighted by Crippen LogP contribution is -2.05. The molecule has 0 fully saturated rings. The Bertz CT molecular complexity index is 260. The molecule has 12 heavy (non-hydrogen) atoms. The molecule has 0 amide bonds. The number of benzene rings is 1. The van der Waals surface area contributed by atoms with Crippen LogP contribution < -0.4 is 10.0 Å². The normalized spacial score (nSPS) is 11.0. The molecule has 0 N–H and O–H groups in total. The van der Waals surface area contributed by atoms with Gasteiger partial charge in [-0.3, -0.25) is 0 Å². The molecule has 1 atom stereocenters. The molecule has 0 bridgehead atoms. The summed E-state index contributed by atoms with van der Waals surface area (Å²) in [6.45, 7) is 1.80. The third-order valence-electron chi connectivity index (χ3n) is 1.54. The van der Waals surface area contributed by atoms with E-state index >= 15 is 0 Å². The van der Waals surface area contributed by atoms with Gasteiger partial charge >= 0.3 is 0 Å². The van der Waals surface area contributed by atoms with Crippen LogP contribution in [0, 0.1) is 11.6 Å². The van der Waals surface area contributed by atoms with E-state index in [9.17, 15) is 8.78 Å². The zero-order chi connectivity index (χ0) is 9.14. The molecular weight excluding hydrogens is 181 g/mol. The van der Waals surface area contributed by atoms with E-state index < -0.39 is 11.6 Å². The van der Waals surface area contributed by atoms with Crippen LogP contribution in [0.4, 0.5) is 8.78 Å². The smallest absolute Gasteiger partial charge is 0.201 e. The van der Waals surface area contributed by atoms with Crippen molar-refractivity contribution in [3.63, 3.8) is 0 Å². The average Bonchev–Trinajstić information content (AvgIpc) is 2.10. The summed E-state index contributed by atoms with van der Waals surface area (Å²) in [7, 11) is 1.56. The van der Waals surface area contributed by atoms with E-state index in [1.807, 2.05) is 0 Å². The fraction of sp³-hybridized carbons (Fsp3) is 0.250. The Hall–Kier alpha value is -0.690. The lowest BCUT2D eigenvalue weighted by molar-refractivity contribution is 0.373. The minimum atomic E-state index is -0.899. The van der Waals surface area contributed by atoms with Crippen LogP contribution in [0.1, 0.15) is 0 Å². The summed E-state index contributed by atoms with van der Waals surface area (Å²) in [5, 5.41) is 0.397. The third-order valence-corrected chi connectivity index (χ3v) is 2.46. The summed E-state index contributed by atoms with van der Waals surface area (Å²) in [6, 6.07) is 2.97. The van der Waals surface area contributed by atoms with Gasteiger partial charge in [0.05, 0.1) is 7.11 Å². The predicted molar refractivity (Wildman–Crippen MR) is 46.8 cm³/mol. The molecule has 1 aromatic rings. The van der Waals surface area contributed by atoms with Crippen LogP contribution in [0.3, 0.4) is 0 Å². The molecule has 0 aliphatic carbocycles. The third kappa shape index (κ3) is 1.56. The quantitative estimate of drug-likeness (QED) is 0.647. The van der Waals surface area contributed by atoms with Crippen molar-refractivity contribution in [1.82, 2.24) is 0 Å². The Kier molecular flexibility index (Phi) is 2.99. The van der Waals surface area contributed by atoms with Gasteiger partial charge < -0.3 is 4.74 Å². The van der Waals surface area contributed by atoms with E-state index in [1.165, 1.54) is 19.2 Å². The van der Waals surface area contributed by atoms with Crippen molar-refractivity contribution in [1.29, 1.82) is 0 Å². The van der Waals surface area contributed by atoms with Crippen molar-refractivity contribution < 1.29 is 13.5 Å². The van der Waals surface area contributed by atoms with E-state index in [-0.39, 0.29) is 14.3 Å². The highest BCUT2D eigenvalue weighted by Gasteiger charge is 2.11. The molecule has 1 unspecified atom stereocenters. The Morgan fingerprint density at radius 3 is 2.42 bits per heavy atom. The zero-order valence-corrected chi connectivity index (χ0v) is 7.82. The first-order valence-electron chi connectivity index (χ1n) is 3.40. The molecule has 1 aromatic carbocycles. The molecule has 1 rings (SSSR count). The van der Waals surface area contributed by atoms with Gasteiger partial charge in [0.15, 0.2) is 11.6 Å². The van der Waals surface area contributed by atoms with Gasteiger partial charge in [-0.05, 0) is 18.8 Å².